The summed E-state index contributed by atoms with van der Waals surface area (Å²) in [6.45, 7) is 3.37. The summed E-state index contributed by atoms with van der Waals surface area (Å²) in [6.07, 6.45) is 0. The number of alkyl halides is 2. The summed E-state index contributed by atoms with van der Waals surface area (Å²) < 4.78 is 35.4. The Morgan fingerprint density at radius 2 is 1.90 bits per heavy atom. The predicted molar refractivity (Wildman–Crippen MR) is 118 cm³/mol. The van der Waals surface area contributed by atoms with Crippen molar-refractivity contribution in [2.24, 2.45) is 4.99 Å². The highest BCUT2D eigenvalue weighted by Gasteiger charge is 2.23. The first-order valence-corrected chi connectivity index (χ1v) is 10.4. The Morgan fingerprint density at radius 1 is 1.13 bits per heavy atom. The predicted octanol–water partition coefficient (Wildman–Crippen LogP) is 3.33. The molecular weight excluding hydrogens is 402 g/mol. The molecule has 0 bridgehead atoms. The Kier molecular flexibility index (Phi) is 8.61. The summed E-state index contributed by atoms with van der Waals surface area (Å²) in [7, 11) is 1.69. The van der Waals surface area contributed by atoms with Gasteiger partial charge in [0.2, 0.25) is 0 Å². The van der Waals surface area contributed by atoms with Crippen LogP contribution < -0.4 is 15.4 Å². The molecule has 1 aliphatic rings. The minimum atomic E-state index is -2.86. The van der Waals surface area contributed by atoms with Gasteiger partial charge in [-0.2, -0.15) is 8.78 Å². The maximum atomic E-state index is 12.6. The number of nitrogens with zero attached hydrogens (tertiary/aromatic N) is 2. The molecular formula is C23H30F2N4O2. The number of nitrogens with one attached hydrogen (secondary N) is 2. The lowest BCUT2D eigenvalue weighted by molar-refractivity contribution is -0.0504. The molecule has 168 valence electrons. The molecule has 0 aliphatic carbocycles. The first kappa shape index (κ1) is 23.0. The fraction of sp³-hybridized carbons (Fsp3) is 0.435. The van der Waals surface area contributed by atoms with Crippen LogP contribution in [0.1, 0.15) is 22.7 Å². The quantitative estimate of drug-likeness (QED) is 0.495. The van der Waals surface area contributed by atoms with Crippen LogP contribution in [-0.2, 0) is 11.3 Å². The van der Waals surface area contributed by atoms with Crippen molar-refractivity contribution in [1.82, 2.24) is 15.5 Å². The number of hydrogen-bond donors (Lipinski definition) is 2. The molecule has 3 rings (SSSR count). The zero-order valence-electron chi connectivity index (χ0n) is 18.0. The van der Waals surface area contributed by atoms with Crippen LogP contribution in [0.15, 0.2) is 53.5 Å². The van der Waals surface area contributed by atoms with E-state index in [4.69, 9.17) is 4.74 Å². The van der Waals surface area contributed by atoms with E-state index in [1.54, 1.807) is 25.2 Å². The molecule has 2 aromatic carbocycles. The van der Waals surface area contributed by atoms with Gasteiger partial charge in [0, 0.05) is 38.8 Å². The average Bonchev–Trinajstić information content (AvgIpc) is 2.77. The monoisotopic (exact) mass is 432 g/mol. The van der Waals surface area contributed by atoms with E-state index in [-0.39, 0.29) is 11.8 Å². The molecule has 6 nitrogen and oxygen atoms in total. The summed E-state index contributed by atoms with van der Waals surface area (Å²) in [4.78, 5) is 6.69. The van der Waals surface area contributed by atoms with Gasteiger partial charge in [-0.1, -0.05) is 48.0 Å². The van der Waals surface area contributed by atoms with Gasteiger partial charge in [-0.15, -0.1) is 0 Å². The largest absolute Gasteiger partial charge is 0.434 e. The molecule has 1 atom stereocenters. The molecule has 2 N–H and O–H groups in total. The van der Waals surface area contributed by atoms with Crippen molar-refractivity contribution in [2.75, 3.05) is 39.9 Å². The Labute approximate surface area is 182 Å². The van der Waals surface area contributed by atoms with Crippen molar-refractivity contribution in [3.05, 3.63) is 65.2 Å². The first-order chi connectivity index (χ1) is 15.1. The fourth-order valence-electron chi connectivity index (χ4n) is 3.68. The lowest BCUT2D eigenvalue weighted by Crippen LogP contribution is -2.46. The van der Waals surface area contributed by atoms with Gasteiger partial charge < -0.3 is 20.1 Å². The van der Waals surface area contributed by atoms with Crippen molar-refractivity contribution >= 4 is 5.96 Å². The number of aliphatic imine (C=N–C) groups is 1. The molecule has 1 unspecified atom stereocenters. The second-order valence-electron chi connectivity index (χ2n) is 7.37. The van der Waals surface area contributed by atoms with E-state index in [1.807, 2.05) is 0 Å². The lowest BCUT2D eigenvalue weighted by atomic mass is 10.0. The first-order valence-electron chi connectivity index (χ1n) is 10.4. The van der Waals surface area contributed by atoms with Gasteiger partial charge in [0.1, 0.15) is 5.75 Å². The number of rotatable bonds is 8. The van der Waals surface area contributed by atoms with Crippen molar-refractivity contribution in [2.45, 2.75) is 26.1 Å². The number of morpholine rings is 1. The molecule has 1 aliphatic heterocycles. The van der Waals surface area contributed by atoms with Crippen molar-refractivity contribution in [3.8, 4) is 5.75 Å². The topological polar surface area (TPSA) is 58.1 Å². The van der Waals surface area contributed by atoms with E-state index >= 15 is 0 Å². The summed E-state index contributed by atoms with van der Waals surface area (Å²) >= 11 is 0. The summed E-state index contributed by atoms with van der Waals surface area (Å²) in [5.41, 5.74) is 3.09. The number of aryl methyl sites for hydroxylation is 1. The van der Waals surface area contributed by atoms with Crippen molar-refractivity contribution in [1.29, 1.82) is 0 Å². The number of para-hydroxylation sites is 1. The van der Waals surface area contributed by atoms with Gasteiger partial charge in [-0.25, -0.2) is 0 Å². The van der Waals surface area contributed by atoms with Gasteiger partial charge in [-0.3, -0.25) is 9.89 Å². The number of halogens is 2. The fourth-order valence-corrected chi connectivity index (χ4v) is 3.68. The summed E-state index contributed by atoms with van der Waals surface area (Å²) in [5, 5.41) is 6.57. The van der Waals surface area contributed by atoms with Crippen LogP contribution >= 0.6 is 0 Å². The van der Waals surface area contributed by atoms with Gasteiger partial charge >= 0.3 is 6.61 Å². The van der Waals surface area contributed by atoms with Crippen LogP contribution in [0.3, 0.4) is 0 Å². The summed E-state index contributed by atoms with van der Waals surface area (Å²) in [5.74, 6) is 0.754. The van der Waals surface area contributed by atoms with Gasteiger partial charge in [0.15, 0.2) is 5.96 Å². The van der Waals surface area contributed by atoms with Gasteiger partial charge in [0.05, 0.1) is 19.3 Å². The third-order valence-corrected chi connectivity index (χ3v) is 5.23. The zero-order valence-corrected chi connectivity index (χ0v) is 18.0. The smallest absolute Gasteiger partial charge is 0.387 e. The molecule has 1 heterocycles. The SMILES string of the molecule is CN=C(NCc1ccccc1OC(F)F)NCC(c1cccc(C)c1)N1CCOCC1. The van der Waals surface area contributed by atoms with Crippen LogP contribution in [0.5, 0.6) is 5.75 Å². The molecule has 0 saturated carbocycles. The van der Waals surface area contributed by atoms with E-state index in [0.29, 0.717) is 24.6 Å². The highest BCUT2D eigenvalue weighted by atomic mass is 19.3. The molecule has 31 heavy (non-hydrogen) atoms. The van der Waals surface area contributed by atoms with Crippen LogP contribution in [-0.4, -0.2) is 57.4 Å². The molecule has 8 heteroatoms. The second-order valence-corrected chi connectivity index (χ2v) is 7.37. The normalized spacial score (nSPS) is 16.2. The molecule has 2 aromatic rings. The lowest BCUT2D eigenvalue weighted by Gasteiger charge is -2.35. The van der Waals surface area contributed by atoms with E-state index in [0.717, 1.165) is 26.3 Å². The molecule has 0 radical (unpaired) electrons. The maximum Gasteiger partial charge on any atom is 0.387 e. The number of benzene rings is 2. The Bertz CT molecular complexity index is 857. The Balaban J connectivity index is 1.64. The minimum Gasteiger partial charge on any atom is -0.434 e. The number of ether oxygens (including phenoxy) is 2. The van der Waals surface area contributed by atoms with E-state index in [2.05, 4.69) is 56.5 Å². The average molecular weight is 433 g/mol. The molecule has 0 amide bonds. The molecule has 0 aromatic heterocycles. The maximum absolute atomic E-state index is 12.6. The molecule has 1 saturated heterocycles. The van der Waals surface area contributed by atoms with Crippen LogP contribution in [0.2, 0.25) is 0 Å². The standard InChI is InChI=1S/C23H30F2N4O2/c1-17-6-5-8-18(14-17)20(29-10-12-30-13-11-29)16-28-23(26-2)27-15-19-7-3-4-9-21(19)31-22(24)25/h3-9,14,20,22H,10-13,15-16H2,1-2H3,(H2,26,27,28). The Morgan fingerprint density at radius 3 is 2.61 bits per heavy atom. The third kappa shape index (κ3) is 6.90. The molecule has 1 fully saturated rings. The van der Waals surface area contributed by atoms with Crippen molar-refractivity contribution < 1.29 is 18.3 Å². The summed E-state index contributed by atoms with van der Waals surface area (Å²) in [6, 6.07) is 15.4. The van der Waals surface area contributed by atoms with Crippen LogP contribution in [0.25, 0.3) is 0 Å². The zero-order chi connectivity index (χ0) is 22.1. The van der Waals surface area contributed by atoms with E-state index in [1.165, 1.54) is 17.2 Å². The molecule has 0 spiro atoms. The second kappa shape index (κ2) is 11.6. The van der Waals surface area contributed by atoms with Gasteiger partial charge in [0.25, 0.3) is 0 Å². The highest BCUT2D eigenvalue weighted by Crippen LogP contribution is 2.23. The van der Waals surface area contributed by atoms with E-state index < -0.39 is 6.61 Å². The number of guanidine groups is 1. The van der Waals surface area contributed by atoms with Crippen LogP contribution in [0.4, 0.5) is 8.78 Å². The number of hydrogen-bond acceptors (Lipinski definition) is 4. The van der Waals surface area contributed by atoms with E-state index in [9.17, 15) is 8.78 Å². The van der Waals surface area contributed by atoms with Crippen molar-refractivity contribution in [3.63, 3.8) is 0 Å². The highest BCUT2D eigenvalue weighted by molar-refractivity contribution is 5.79. The van der Waals surface area contributed by atoms with Gasteiger partial charge in [-0.05, 0) is 18.6 Å². The van der Waals surface area contributed by atoms with Crippen LogP contribution in [0, 0.1) is 6.92 Å². The minimum absolute atomic E-state index is 0.159. The third-order valence-electron chi connectivity index (χ3n) is 5.23. The Hall–Kier alpha value is -2.71.